The molecule has 2 atom stereocenters. The fraction of sp³-hybridized carbons (Fsp3) is 0.500. The zero-order valence-electron chi connectivity index (χ0n) is 14.6. The van der Waals surface area contributed by atoms with Gasteiger partial charge in [0.15, 0.2) is 6.10 Å². The molecule has 1 aliphatic heterocycles. The summed E-state index contributed by atoms with van der Waals surface area (Å²) in [5.74, 6) is -1.48. The lowest BCUT2D eigenvalue weighted by molar-refractivity contribution is -0.158. The standard InChI is InChI=1S/C18H24N2O4/c1-5-19-17(22)13(4)24-18(23)14-9-16(21)20(10-14)15-8-6-7-11(2)12(15)3/h6-8,13-14H,5,9-10H2,1-4H3,(H,19,22)/t13-,14+/m0/s1. The van der Waals surface area contributed by atoms with Crippen molar-refractivity contribution in [2.45, 2.75) is 40.2 Å². The van der Waals surface area contributed by atoms with Gasteiger partial charge in [-0.1, -0.05) is 12.1 Å². The Hall–Kier alpha value is -2.37. The van der Waals surface area contributed by atoms with E-state index < -0.39 is 18.0 Å². The molecule has 1 fully saturated rings. The molecule has 0 aromatic heterocycles. The van der Waals surface area contributed by atoms with Crippen LogP contribution in [-0.4, -0.2) is 37.0 Å². The maximum absolute atomic E-state index is 12.3. The maximum atomic E-state index is 12.3. The fourth-order valence-corrected chi connectivity index (χ4v) is 2.77. The molecule has 0 aliphatic carbocycles. The van der Waals surface area contributed by atoms with Crippen molar-refractivity contribution in [3.8, 4) is 0 Å². The molecule has 2 amide bonds. The van der Waals surface area contributed by atoms with Gasteiger partial charge in [-0.2, -0.15) is 0 Å². The van der Waals surface area contributed by atoms with Gasteiger partial charge >= 0.3 is 5.97 Å². The van der Waals surface area contributed by atoms with Crippen LogP contribution in [-0.2, 0) is 19.1 Å². The zero-order valence-corrected chi connectivity index (χ0v) is 14.6. The van der Waals surface area contributed by atoms with Crippen molar-refractivity contribution in [2.24, 2.45) is 5.92 Å². The van der Waals surface area contributed by atoms with Crippen molar-refractivity contribution in [2.75, 3.05) is 18.0 Å². The molecule has 6 heteroatoms. The van der Waals surface area contributed by atoms with Gasteiger partial charge in [0.25, 0.3) is 5.91 Å². The van der Waals surface area contributed by atoms with Crippen LogP contribution in [0.25, 0.3) is 0 Å². The Labute approximate surface area is 142 Å². The molecule has 6 nitrogen and oxygen atoms in total. The van der Waals surface area contributed by atoms with Crippen LogP contribution in [0.2, 0.25) is 0 Å². The second-order valence-corrected chi connectivity index (χ2v) is 6.10. The number of nitrogens with one attached hydrogen (secondary N) is 1. The maximum Gasteiger partial charge on any atom is 0.312 e. The summed E-state index contributed by atoms with van der Waals surface area (Å²) < 4.78 is 5.21. The number of ether oxygens (including phenoxy) is 1. The van der Waals surface area contributed by atoms with Gasteiger partial charge in [0.05, 0.1) is 5.92 Å². The first-order chi connectivity index (χ1) is 11.3. The van der Waals surface area contributed by atoms with E-state index >= 15 is 0 Å². The Morgan fingerprint density at radius 1 is 1.38 bits per heavy atom. The number of rotatable bonds is 5. The van der Waals surface area contributed by atoms with E-state index in [0.29, 0.717) is 6.54 Å². The third kappa shape index (κ3) is 3.75. The molecule has 1 N–H and O–H groups in total. The summed E-state index contributed by atoms with van der Waals surface area (Å²) in [7, 11) is 0. The van der Waals surface area contributed by atoms with E-state index in [2.05, 4.69) is 5.32 Å². The first kappa shape index (κ1) is 18.0. The molecule has 2 rings (SSSR count). The molecule has 0 radical (unpaired) electrons. The predicted molar refractivity (Wildman–Crippen MR) is 90.6 cm³/mol. The average molecular weight is 332 g/mol. The Balaban J connectivity index is 2.05. The second-order valence-electron chi connectivity index (χ2n) is 6.10. The molecule has 1 aromatic carbocycles. The molecule has 1 aliphatic rings. The van der Waals surface area contributed by atoms with Crippen LogP contribution in [0.1, 0.15) is 31.4 Å². The van der Waals surface area contributed by atoms with E-state index in [1.165, 1.54) is 6.92 Å². The van der Waals surface area contributed by atoms with Gasteiger partial charge in [-0.25, -0.2) is 0 Å². The van der Waals surface area contributed by atoms with Gasteiger partial charge in [0, 0.05) is 25.2 Å². The van der Waals surface area contributed by atoms with Crippen LogP contribution in [0, 0.1) is 19.8 Å². The summed E-state index contributed by atoms with van der Waals surface area (Å²) in [6.07, 6.45) is -0.753. The zero-order chi connectivity index (χ0) is 17.9. The summed E-state index contributed by atoms with van der Waals surface area (Å²) in [6, 6.07) is 5.76. The molecule has 0 bridgehead atoms. The summed E-state index contributed by atoms with van der Waals surface area (Å²) in [5.41, 5.74) is 2.94. The van der Waals surface area contributed by atoms with Crippen molar-refractivity contribution in [1.82, 2.24) is 5.32 Å². The Morgan fingerprint density at radius 3 is 2.75 bits per heavy atom. The van der Waals surface area contributed by atoms with E-state index in [-0.39, 0.29) is 24.8 Å². The molecule has 0 spiro atoms. The number of carbonyl (C=O) groups is 3. The molecule has 130 valence electrons. The monoisotopic (exact) mass is 332 g/mol. The van der Waals surface area contributed by atoms with E-state index in [1.54, 1.807) is 11.8 Å². The van der Waals surface area contributed by atoms with Crippen LogP contribution < -0.4 is 10.2 Å². The lowest BCUT2D eigenvalue weighted by Gasteiger charge is -2.20. The van der Waals surface area contributed by atoms with Gasteiger partial charge in [-0.3, -0.25) is 14.4 Å². The molecule has 0 unspecified atom stereocenters. The van der Waals surface area contributed by atoms with Gasteiger partial charge in [-0.05, 0) is 44.9 Å². The normalized spacial score (nSPS) is 18.4. The van der Waals surface area contributed by atoms with E-state index in [9.17, 15) is 14.4 Å². The van der Waals surface area contributed by atoms with Gasteiger partial charge in [0.2, 0.25) is 5.91 Å². The second kappa shape index (κ2) is 7.47. The van der Waals surface area contributed by atoms with Crippen molar-refractivity contribution in [3.63, 3.8) is 0 Å². The number of esters is 1. The smallest absolute Gasteiger partial charge is 0.312 e. The number of amides is 2. The first-order valence-electron chi connectivity index (χ1n) is 8.20. The summed E-state index contributed by atoms with van der Waals surface area (Å²) >= 11 is 0. The lowest BCUT2D eigenvalue weighted by atomic mass is 10.1. The van der Waals surface area contributed by atoms with Crippen molar-refractivity contribution in [3.05, 3.63) is 29.3 Å². The lowest BCUT2D eigenvalue weighted by Crippen LogP contribution is -2.37. The summed E-state index contributed by atoms with van der Waals surface area (Å²) in [4.78, 5) is 37.9. The highest BCUT2D eigenvalue weighted by Crippen LogP contribution is 2.30. The van der Waals surface area contributed by atoms with Crippen LogP contribution in [0.5, 0.6) is 0 Å². The first-order valence-corrected chi connectivity index (χ1v) is 8.20. The van der Waals surface area contributed by atoms with Crippen molar-refractivity contribution < 1.29 is 19.1 Å². The molecule has 0 saturated carbocycles. The number of likely N-dealkylation sites (N-methyl/N-ethyl adjacent to an activating group) is 1. The molecule has 1 saturated heterocycles. The Bertz CT molecular complexity index is 656. The fourth-order valence-electron chi connectivity index (χ4n) is 2.77. The Kier molecular flexibility index (Phi) is 5.59. The molecule has 24 heavy (non-hydrogen) atoms. The largest absolute Gasteiger partial charge is 0.452 e. The number of anilines is 1. The minimum absolute atomic E-state index is 0.101. The molecular formula is C18H24N2O4. The molecule has 1 aromatic rings. The number of carbonyl (C=O) groups excluding carboxylic acids is 3. The highest BCUT2D eigenvalue weighted by Gasteiger charge is 2.37. The van der Waals surface area contributed by atoms with E-state index in [0.717, 1.165) is 16.8 Å². The minimum atomic E-state index is -0.859. The van der Waals surface area contributed by atoms with Crippen LogP contribution in [0.3, 0.4) is 0 Å². The van der Waals surface area contributed by atoms with Gasteiger partial charge < -0.3 is 15.0 Å². The Morgan fingerprint density at radius 2 is 2.08 bits per heavy atom. The number of aryl methyl sites for hydroxylation is 1. The number of benzene rings is 1. The van der Waals surface area contributed by atoms with Gasteiger partial charge in [-0.15, -0.1) is 0 Å². The molecular weight excluding hydrogens is 308 g/mol. The highest BCUT2D eigenvalue weighted by atomic mass is 16.5. The SMILES string of the molecule is CCNC(=O)[C@H](C)OC(=O)[C@@H]1CC(=O)N(c2cccc(C)c2C)C1. The third-order valence-electron chi connectivity index (χ3n) is 4.34. The molecule has 1 heterocycles. The topological polar surface area (TPSA) is 75.7 Å². The quantitative estimate of drug-likeness (QED) is 0.833. The van der Waals surface area contributed by atoms with Crippen LogP contribution in [0.15, 0.2) is 18.2 Å². The van der Waals surface area contributed by atoms with Gasteiger partial charge in [0.1, 0.15) is 0 Å². The number of hydrogen-bond acceptors (Lipinski definition) is 4. The number of nitrogens with zero attached hydrogens (tertiary/aromatic N) is 1. The minimum Gasteiger partial charge on any atom is -0.452 e. The van der Waals surface area contributed by atoms with Crippen molar-refractivity contribution in [1.29, 1.82) is 0 Å². The predicted octanol–water partition coefficient (Wildman–Crippen LogP) is 1.72. The third-order valence-corrected chi connectivity index (χ3v) is 4.34. The van der Waals surface area contributed by atoms with Crippen LogP contribution >= 0.6 is 0 Å². The van der Waals surface area contributed by atoms with E-state index in [4.69, 9.17) is 4.74 Å². The highest BCUT2D eigenvalue weighted by molar-refractivity contribution is 6.00. The summed E-state index contributed by atoms with van der Waals surface area (Å²) in [6.45, 7) is 8.03. The van der Waals surface area contributed by atoms with E-state index in [1.807, 2.05) is 32.0 Å². The summed E-state index contributed by atoms with van der Waals surface area (Å²) in [5, 5.41) is 2.60. The van der Waals surface area contributed by atoms with Crippen LogP contribution in [0.4, 0.5) is 5.69 Å². The van der Waals surface area contributed by atoms with Crippen molar-refractivity contribution >= 4 is 23.5 Å². The average Bonchev–Trinajstić information content (AvgIpc) is 2.92. The number of hydrogen-bond donors (Lipinski definition) is 1.